The summed E-state index contributed by atoms with van der Waals surface area (Å²) in [6, 6.07) is 6.45. The van der Waals surface area contributed by atoms with Crippen LogP contribution in [0.4, 0.5) is 0 Å². The molecule has 1 aromatic heterocycles. The van der Waals surface area contributed by atoms with E-state index in [4.69, 9.17) is 0 Å². The number of aliphatic hydroxyl groups excluding tert-OH is 2. The Morgan fingerprint density at radius 3 is 2.42 bits per heavy atom. The minimum Gasteiger partial charge on any atom is -0.390 e. The molecular formula is C19H23N3O4. The van der Waals surface area contributed by atoms with Crippen LogP contribution >= 0.6 is 0 Å². The van der Waals surface area contributed by atoms with Crippen LogP contribution in [0.5, 0.6) is 0 Å². The molecule has 138 valence electrons. The minimum atomic E-state index is -0.712. The highest BCUT2D eigenvalue weighted by atomic mass is 16.3. The van der Waals surface area contributed by atoms with Gasteiger partial charge in [0.2, 0.25) is 5.91 Å². The smallest absolute Gasteiger partial charge is 0.261 e. The number of aliphatic hydroxyl groups is 2. The van der Waals surface area contributed by atoms with Crippen LogP contribution in [0.15, 0.2) is 35.4 Å². The zero-order chi connectivity index (χ0) is 18.4. The van der Waals surface area contributed by atoms with Crippen molar-refractivity contribution >= 4 is 16.8 Å². The van der Waals surface area contributed by atoms with Gasteiger partial charge in [-0.2, -0.15) is 0 Å². The highest BCUT2D eigenvalue weighted by Crippen LogP contribution is 2.37. The number of hydrogen-bond acceptors (Lipinski definition) is 5. The van der Waals surface area contributed by atoms with Crippen LogP contribution in [0, 0.1) is 11.8 Å². The Bertz CT molecular complexity index is 878. The molecule has 2 aromatic rings. The first-order chi connectivity index (χ1) is 12.5. The standard InChI is InChI=1S/C19H23N3O4/c1-11(22-10-20-15-5-3-2-4-14(15)19(22)26)18(25)21-8-12-6-16(23)17(24)7-13(12)9-21/h2-5,10-13,16-17,23-24H,6-9H2,1H3/t11-,12-,13+,16+,17-/m0/s1. The molecule has 2 aliphatic rings. The van der Waals surface area contributed by atoms with Gasteiger partial charge in [0.15, 0.2) is 0 Å². The third-order valence-corrected chi connectivity index (χ3v) is 5.89. The summed E-state index contributed by atoms with van der Waals surface area (Å²) in [6.07, 6.45) is 1.04. The molecule has 1 saturated carbocycles. The predicted octanol–water partition coefficient (Wildman–Crippen LogP) is 0.548. The van der Waals surface area contributed by atoms with E-state index in [-0.39, 0.29) is 23.3 Å². The molecule has 4 rings (SSSR count). The first kappa shape index (κ1) is 17.2. The fourth-order valence-electron chi connectivity index (χ4n) is 4.33. The number of fused-ring (bicyclic) bond motifs is 2. The molecule has 0 bridgehead atoms. The fraction of sp³-hybridized carbons (Fsp3) is 0.526. The van der Waals surface area contributed by atoms with E-state index in [0.717, 1.165) is 0 Å². The lowest BCUT2D eigenvalue weighted by Gasteiger charge is -2.31. The van der Waals surface area contributed by atoms with Crippen molar-refractivity contribution in [2.24, 2.45) is 11.8 Å². The molecule has 1 aliphatic carbocycles. The summed E-state index contributed by atoms with van der Waals surface area (Å²) >= 11 is 0. The molecule has 26 heavy (non-hydrogen) atoms. The summed E-state index contributed by atoms with van der Waals surface area (Å²) in [5, 5.41) is 20.2. The van der Waals surface area contributed by atoms with Gasteiger partial charge in [-0.05, 0) is 43.7 Å². The van der Waals surface area contributed by atoms with Crippen molar-refractivity contribution in [1.82, 2.24) is 14.5 Å². The third kappa shape index (κ3) is 2.81. The van der Waals surface area contributed by atoms with Crippen molar-refractivity contribution in [3.63, 3.8) is 0 Å². The zero-order valence-electron chi connectivity index (χ0n) is 14.7. The Hall–Kier alpha value is -2.25. The van der Waals surface area contributed by atoms with Crippen LogP contribution in [-0.4, -0.2) is 55.9 Å². The van der Waals surface area contributed by atoms with Crippen molar-refractivity contribution in [3.05, 3.63) is 40.9 Å². The molecule has 0 radical (unpaired) electrons. The minimum absolute atomic E-state index is 0.123. The molecule has 1 aromatic carbocycles. The number of benzene rings is 1. The summed E-state index contributed by atoms with van der Waals surface area (Å²) in [4.78, 5) is 31.7. The number of para-hydroxylation sites is 1. The Morgan fingerprint density at radius 2 is 1.77 bits per heavy atom. The summed E-state index contributed by atoms with van der Waals surface area (Å²) in [6.45, 7) is 2.84. The molecular weight excluding hydrogens is 334 g/mol. The summed E-state index contributed by atoms with van der Waals surface area (Å²) < 4.78 is 1.39. The summed E-state index contributed by atoms with van der Waals surface area (Å²) in [7, 11) is 0. The van der Waals surface area contributed by atoms with Gasteiger partial charge in [0.25, 0.3) is 5.56 Å². The maximum Gasteiger partial charge on any atom is 0.261 e. The van der Waals surface area contributed by atoms with Gasteiger partial charge in [-0.25, -0.2) is 4.98 Å². The van der Waals surface area contributed by atoms with Crippen LogP contribution in [0.3, 0.4) is 0 Å². The number of likely N-dealkylation sites (tertiary alicyclic amines) is 1. The van der Waals surface area contributed by atoms with E-state index in [1.165, 1.54) is 10.9 Å². The quantitative estimate of drug-likeness (QED) is 0.818. The van der Waals surface area contributed by atoms with Crippen LogP contribution < -0.4 is 5.56 Å². The molecule has 0 unspecified atom stereocenters. The Morgan fingerprint density at radius 1 is 1.15 bits per heavy atom. The molecule has 2 fully saturated rings. The van der Waals surface area contributed by atoms with Gasteiger partial charge in [-0.3, -0.25) is 14.2 Å². The van der Waals surface area contributed by atoms with Gasteiger partial charge >= 0.3 is 0 Å². The van der Waals surface area contributed by atoms with Gasteiger partial charge in [-0.1, -0.05) is 12.1 Å². The first-order valence-corrected chi connectivity index (χ1v) is 9.06. The largest absolute Gasteiger partial charge is 0.390 e. The van der Waals surface area contributed by atoms with Crippen LogP contribution in [0.2, 0.25) is 0 Å². The van der Waals surface area contributed by atoms with E-state index in [9.17, 15) is 19.8 Å². The van der Waals surface area contributed by atoms with Crippen LogP contribution in [0.1, 0.15) is 25.8 Å². The topological polar surface area (TPSA) is 95.7 Å². The Balaban J connectivity index is 1.56. The average molecular weight is 357 g/mol. The lowest BCUT2D eigenvalue weighted by molar-refractivity contribution is -0.133. The van der Waals surface area contributed by atoms with E-state index in [1.807, 2.05) is 6.07 Å². The van der Waals surface area contributed by atoms with Crippen molar-refractivity contribution in [1.29, 1.82) is 0 Å². The Kier molecular flexibility index (Phi) is 4.28. The Labute approximate surface area is 150 Å². The van der Waals surface area contributed by atoms with E-state index in [0.29, 0.717) is 36.8 Å². The van der Waals surface area contributed by atoms with Gasteiger partial charge in [0, 0.05) is 13.1 Å². The number of rotatable bonds is 2. The second-order valence-electron chi connectivity index (χ2n) is 7.52. The molecule has 5 atom stereocenters. The lowest BCUT2D eigenvalue weighted by Crippen LogP contribution is -2.38. The number of carbonyl (C=O) groups is 1. The van der Waals surface area contributed by atoms with Crippen molar-refractivity contribution < 1.29 is 15.0 Å². The third-order valence-electron chi connectivity index (χ3n) is 5.89. The van der Waals surface area contributed by atoms with E-state index in [1.54, 1.807) is 30.0 Å². The highest BCUT2D eigenvalue weighted by molar-refractivity contribution is 5.81. The monoisotopic (exact) mass is 357 g/mol. The van der Waals surface area contributed by atoms with Crippen molar-refractivity contribution in [2.45, 2.75) is 38.0 Å². The van der Waals surface area contributed by atoms with E-state index >= 15 is 0 Å². The van der Waals surface area contributed by atoms with Crippen LogP contribution in [0.25, 0.3) is 10.9 Å². The maximum atomic E-state index is 13.0. The second-order valence-corrected chi connectivity index (χ2v) is 7.52. The number of amides is 1. The van der Waals surface area contributed by atoms with Crippen LogP contribution in [-0.2, 0) is 4.79 Å². The van der Waals surface area contributed by atoms with Gasteiger partial charge in [0.1, 0.15) is 6.04 Å². The predicted molar refractivity (Wildman–Crippen MR) is 95.5 cm³/mol. The van der Waals surface area contributed by atoms with Gasteiger partial charge in [-0.15, -0.1) is 0 Å². The normalized spacial score (nSPS) is 29.6. The SMILES string of the molecule is C[C@@H](C(=O)N1C[C@H]2C[C@H](O)[C@H](O)C[C@H]2C1)n1cnc2ccccc2c1=O. The maximum absolute atomic E-state index is 13.0. The fourth-order valence-corrected chi connectivity index (χ4v) is 4.33. The number of aromatic nitrogens is 2. The molecule has 2 N–H and O–H groups in total. The lowest BCUT2D eigenvalue weighted by atomic mass is 9.79. The van der Waals surface area contributed by atoms with E-state index < -0.39 is 18.2 Å². The number of carbonyl (C=O) groups excluding carboxylic acids is 1. The number of nitrogens with zero attached hydrogens (tertiary/aromatic N) is 3. The first-order valence-electron chi connectivity index (χ1n) is 9.06. The molecule has 7 heteroatoms. The van der Waals surface area contributed by atoms with Crippen molar-refractivity contribution in [3.8, 4) is 0 Å². The molecule has 1 amide bonds. The summed E-state index contributed by atoms with van der Waals surface area (Å²) in [5.74, 6) is 0.287. The summed E-state index contributed by atoms with van der Waals surface area (Å²) in [5.41, 5.74) is 0.391. The number of hydrogen-bond donors (Lipinski definition) is 2. The second kappa shape index (κ2) is 6.48. The molecule has 1 aliphatic heterocycles. The highest BCUT2D eigenvalue weighted by Gasteiger charge is 2.43. The average Bonchev–Trinajstić information content (AvgIpc) is 3.04. The van der Waals surface area contributed by atoms with Crippen molar-refractivity contribution in [2.75, 3.05) is 13.1 Å². The van der Waals surface area contributed by atoms with E-state index in [2.05, 4.69) is 4.98 Å². The van der Waals surface area contributed by atoms with Gasteiger partial charge in [0.05, 0.1) is 29.4 Å². The zero-order valence-corrected chi connectivity index (χ0v) is 14.7. The molecule has 0 spiro atoms. The molecule has 2 heterocycles. The molecule has 1 saturated heterocycles. The molecule has 7 nitrogen and oxygen atoms in total. The van der Waals surface area contributed by atoms with Gasteiger partial charge < -0.3 is 15.1 Å².